The second-order valence-electron chi connectivity index (χ2n) is 8.82. The van der Waals surface area contributed by atoms with Gasteiger partial charge >= 0.3 is 0 Å². The van der Waals surface area contributed by atoms with Crippen molar-refractivity contribution in [2.75, 3.05) is 40.6 Å². The molecule has 0 bridgehead atoms. The maximum Gasteiger partial charge on any atom is 0.254 e. The first kappa shape index (κ1) is 27.1. The maximum atomic E-state index is 13.6. The molecule has 200 valence electrons. The number of methoxy groups -OCH3 is 2. The Kier molecular flexibility index (Phi) is 8.91. The summed E-state index contributed by atoms with van der Waals surface area (Å²) in [6, 6.07) is 12.8. The molecule has 0 N–H and O–H groups in total. The molecule has 2 aromatic carbocycles. The van der Waals surface area contributed by atoms with E-state index < -0.39 is 0 Å². The lowest BCUT2D eigenvalue weighted by atomic mass is 10.1. The van der Waals surface area contributed by atoms with Crippen LogP contribution in [0.25, 0.3) is 0 Å². The predicted octanol–water partition coefficient (Wildman–Crippen LogP) is 4.70. The summed E-state index contributed by atoms with van der Waals surface area (Å²) in [5.74, 6) is 1.99. The summed E-state index contributed by atoms with van der Waals surface area (Å²) in [6.07, 6.45) is 2.24. The van der Waals surface area contributed by atoms with Crippen LogP contribution in [-0.4, -0.2) is 62.3 Å². The number of thiophene rings is 1. The van der Waals surface area contributed by atoms with Crippen LogP contribution in [0.1, 0.15) is 26.4 Å². The molecule has 0 saturated heterocycles. The number of hydrogen-bond donors (Lipinski definition) is 0. The number of ether oxygens (including phenoxy) is 4. The zero-order chi connectivity index (χ0) is 27.1. The first-order valence-corrected chi connectivity index (χ1v) is 13.1. The largest absolute Gasteiger partial charge is 0.493 e. The molecule has 9 heteroatoms. The number of rotatable bonds is 12. The van der Waals surface area contributed by atoms with E-state index in [2.05, 4.69) is 6.58 Å². The van der Waals surface area contributed by atoms with E-state index in [-0.39, 0.29) is 31.7 Å². The summed E-state index contributed by atoms with van der Waals surface area (Å²) in [7, 11) is 3.20. The Morgan fingerprint density at radius 1 is 1.03 bits per heavy atom. The zero-order valence-electron chi connectivity index (χ0n) is 21.9. The summed E-state index contributed by atoms with van der Waals surface area (Å²) in [5, 5.41) is 2.02. The third-order valence-electron chi connectivity index (χ3n) is 6.36. The second-order valence-corrected chi connectivity index (χ2v) is 9.82. The van der Waals surface area contributed by atoms with Crippen LogP contribution in [0.5, 0.6) is 23.0 Å². The van der Waals surface area contributed by atoms with Crippen molar-refractivity contribution in [2.45, 2.75) is 19.9 Å². The van der Waals surface area contributed by atoms with Crippen molar-refractivity contribution < 1.29 is 28.5 Å². The summed E-state index contributed by atoms with van der Waals surface area (Å²) in [4.78, 5) is 31.4. The normalized spacial score (nSPS) is 11.7. The lowest BCUT2D eigenvalue weighted by molar-refractivity contribution is -0.132. The van der Waals surface area contributed by atoms with Crippen LogP contribution in [0.2, 0.25) is 0 Å². The molecule has 3 aromatic rings. The van der Waals surface area contributed by atoms with E-state index in [1.807, 2.05) is 36.6 Å². The molecule has 4 rings (SSSR count). The molecule has 1 aromatic heterocycles. The number of hydrogen-bond acceptors (Lipinski definition) is 7. The predicted molar refractivity (Wildman–Crippen MR) is 146 cm³/mol. The van der Waals surface area contributed by atoms with Crippen LogP contribution in [-0.2, 0) is 17.8 Å². The summed E-state index contributed by atoms with van der Waals surface area (Å²) in [5.41, 5.74) is 2.58. The minimum absolute atomic E-state index is 0.0738. The van der Waals surface area contributed by atoms with Gasteiger partial charge in [0, 0.05) is 23.5 Å². The molecular weight excluding hydrogens is 504 g/mol. The van der Waals surface area contributed by atoms with Gasteiger partial charge in [-0.15, -0.1) is 17.9 Å². The molecule has 1 aliphatic heterocycles. The van der Waals surface area contributed by atoms with Crippen LogP contribution >= 0.6 is 11.3 Å². The van der Waals surface area contributed by atoms with Gasteiger partial charge in [0.25, 0.3) is 5.91 Å². The number of carbonyl (C=O) groups excluding carboxylic acids is 2. The quantitative estimate of drug-likeness (QED) is 0.312. The van der Waals surface area contributed by atoms with Gasteiger partial charge in [-0.25, -0.2) is 0 Å². The second kappa shape index (κ2) is 12.5. The molecule has 38 heavy (non-hydrogen) atoms. The highest BCUT2D eigenvalue weighted by Crippen LogP contribution is 2.33. The molecule has 0 unspecified atom stereocenters. The van der Waals surface area contributed by atoms with E-state index in [0.717, 1.165) is 16.0 Å². The summed E-state index contributed by atoms with van der Waals surface area (Å²) >= 11 is 1.62. The van der Waals surface area contributed by atoms with E-state index in [4.69, 9.17) is 18.9 Å². The number of amides is 2. The molecule has 0 atom stereocenters. The molecule has 0 saturated carbocycles. The molecule has 0 radical (unpaired) electrons. The molecule has 0 spiro atoms. The van der Waals surface area contributed by atoms with Crippen molar-refractivity contribution in [3.05, 3.63) is 82.1 Å². The molecule has 0 aliphatic carbocycles. The minimum atomic E-state index is -0.274. The number of aryl methyl sites for hydroxylation is 1. The van der Waals surface area contributed by atoms with Crippen LogP contribution in [0.15, 0.2) is 60.5 Å². The lowest BCUT2D eigenvalue weighted by Gasteiger charge is -2.27. The fourth-order valence-electron chi connectivity index (χ4n) is 4.18. The average molecular weight is 537 g/mol. The van der Waals surface area contributed by atoms with Gasteiger partial charge in [0.15, 0.2) is 23.0 Å². The van der Waals surface area contributed by atoms with Crippen molar-refractivity contribution in [2.24, 2.45) is 0 Å². The van der Waals surface area contributed by atoms with E-state index in [9.17, 15) is 9.59 Å². The first-order chi connectivity index (χ1) is 18.4. The Morgan fingerprint density at radius 2 is 1.82 bits per heavy atom. The molecule has 2 amide bonds. The van der Waals surface area contributed by atoms with E-state index in [1.54, 1.807) is 54.7 Å². The molecule has 1 aliphatic rings. The van der Waals surface area contributed by atoms with Crippen LogP contribution in [0.4, 0.5) is 0 Å². The van der Waals surface area contributed by atoms with Crippen molar-refractivity contribution in [3.63, 3.8) is 0 Å². The highest BCUT2D eigenvalue weighted by atomic mass is 32.1. The third kappa shape index (κ3) is 6.28. The van der Waals surface area contributed by atoms with Gasteiger partial charge in [-0.1, -0.05) is 12.1 Å². The highest BCUT2D eigenvalue weighted by Gasteiger charge is 2.24. The number of nitrogens with zero attached hydrogens (tertiary/aromatic N) is 2. The number of benzene rings is 2. The Labute approximate surface area is 227 Å². The first-order valence-electron chi connectivity index (χ1n) is 12.2. The van der Waals surface area contributed by atoms with Crippen molar-refractivity contribution >= 4 is 23.2 Å². The molecule has 8 nitrogen and oxygen atoms in total. The SMILES string of the molecule is C=CCN(CC(=O)N(CCc1ccc(OC)c(OC)c1)Cc1sccc1C)C(=O)c1ccc2c(c1)OCO2. The van der Waals surface area contributed by atoms with Gasteiger partial charge in [0.1, 0.15) is 6.54 Å². The van der Waals surface area contributed by atoms with Gasteiger partial charge in [-0.05, 0) is 66.2 Å². The Hall–Kier alpha value is -3.98. The third-order valence-corrected chi connectivity index (χ3v) is 7.36. The molecule has 0 fully saturated rings. The van der Waals surface area contributed by atoms with Gasteiger partial charge in [0.2, 0.25) is 12.7 Å². The van der Waals surface area contributed by atoms with Crippen LogP contribution in [0.3, 0.4) is 0 Å². The Bertz CT molecular complexity index is 1300. The van der Waals surface area contributed by atoms with Crippen molar-refractivity contribution in [3.8, 4) is 23.0 Å². The van der Waals surface area contributed by atoms with Crippen molar-refractivity contribution in [1.82, 2.24) is 9.80 Å². The topological polar surface area (TPSA) is 77.5 Å². The summed E-state index contributed by atoms with van der Waals surface area (Å²) in [6.45, 7) is 7.05. The van der Waals surface area contributed by atoms with Gasteiger partial charge in [0.05, 0.1) is 20.8 Å². The van der Waals surface area contributed by atoms with Crippen molar-refractivity contribution in [1.29, 1.82) is 0 Å². The Morgan fingerprint density at radius 3 is 2.53 bits per heavy atom. The van der Waals surface area contributed by atoms with Gasteiger partial charge in [-0.3, -0.25) is 9.59 Å². The molecular formula is C29H32N2O6S. The monoisotopic (exact) mass is 536 g/mol. The number of fused-ring (bicyclic) bond motifs is 1. The Balaban J connectivity index is 1.51. The van der Waals surface area contributed by atoms with Crippen LogP contribution < -0.4 is 18.9 Å². The zero-order valence-corrected chi connectivity index (χ0v) is 22.7. The average Bonchev–Trinajstić information content (AvgIpc) is 3.57. The fourth-order valence-corrected chi connectivity index (χ4v) is 5.10. The summed E-state index contributed by atoms with van der Waals surface area (Å²) < 4.78 is 21.5. The van der Waals surface area contributed by atoms with E-state index in [0.29, 0.717) is 48.1 Å². The van der Waals surface area contributed by atoms with Gasteiger partial charge in [-0.2, -0.15) is 0 Å². The van der Waals surface area contributed by atoms with E-state index in [1.165, 1.54) is 4.90 Å². The minimum Gasteiger partial charge on any atom is -0.493 e. The van der Waals surface area contributed by atoms with Crippen LogP contribution in [0, 0.1) is 6.92 Å². The number of carbonyl (C=O) groups is 2. The van der Waals surface area contributed by atoms with E-state index >= 15 is 0 Å². The highest BCUT2D eigenvalue weighted by molar-refractivity contribution is 7.10. The maximum absolute atomic E-state index is 13.6. The fraction of sp³-hybridized carbons (Fsp3) is 0.310. The van der Waals surface area contributed by atoms with Gasteiger partial charge < -0.3 is 28.7 Å². The molecule has 2 heterocycles. The standard InChI is InChI=1S/C29H32N2O6S/c1-5-12-31(29(33)22-7-9-24-26(16-22)37-19-36-24)18-28(32)30(17-27-20(2)11-14-38-27)13-10-21-6-8-23(34-3)25(15-21)35-4/h5-9,11,14-16H,1,10,12-13,17-19H2,2-4H3. The lowest BCUT2D eigenvalue weighted by Crippen LogP contribution is -2.43. The smallest absolute Gasteiger partial charge is 0.254 e.